The summed E-state index contributed by atoms with van der Waals surface area (Å²) in [5.74, 6) is 0.111. The molecule has 1 aliphatic carbocycles. The summed E-state index contributed by atoms with van der Waals surface area (Å²) in [6, 6.07) is 0.478. The van der Waals surface area contributed by atoms with Crippen molar-refractivity contribution < 1.29 is 4.79 Å². The molecule has 0 bridgehead atoms. The summed E-state index contributed by atoms with van der Waals surface area (Å²) in [6.45, 7) is 6.17. The summed E-state index contributed by atoms with van der Waals surface area (Å²) in [6.07, 6.45) is 7.47. The van der Waals surface area contributed by atoms with Crippen LogP contribution in [0.25, 0.3) is 0 Å². The zero-order valence-corrected chi connectivity index (χ0v) is 7.49. The van der Waals surface area contributed by atoms with Gasteiger partial charge in [0.2, 0.25) is 5.91 Å². The number of hydrogen-bond acceptors (Lipinski definition) is 1. The standard InChI is InChI=1S/C10H15NO/c1-3-5-10(12)11(8-4-2)9-6-7-9/h3-5,9H,2,6-8H2,1H3/b5-3+. The van der Waals surface area contributed by atoms with E-state index in [9.17, 15) is 4.79 Å². The average molecular weight is 165 g/mol. The topological polar surface area (TPSA) is 20.3 Å². The van der Waals surface area contributed by atoms with E-state index in [1.807, 2.05) is 11.8 Å². The molecule has 0 heterocycles. The van der Waals surface area contributed by atoms with E-state index in [-0.39, 0.29) is 5.91 Å². The lowest BCUT2D eigenvalue weighted by Gasteiger charge is -2.18. The quantitative estimate of drug-likeness (QED) is 0.459. The highest BCUT2D eigenvalue weighted by atomic mass is 16.2. The lowest BCUT2D eigenvalue weighted by atomic mass is 10.4. The molecular formula is C10H15NO. The van der Waals surface area contributed by atoms with Crippen LogP contribution in [0.5, 0.6) is 0 Å². The van der Waals surface area contributed by atoms with E-state index in [1.54, 1.807) is 18.2 Å². The minimum absolute atomic E-state index is 0.111. The van der Waals surface area contributed by atoms with Crippen LogP contribution in [0, 0.1) is 0 Å². The predicted molar refractivity (Wildman–Crippen MR) is 49.7 cm³/mol. The highest BCUT2D eigenvalue weighted by molar-refractivity contribution is 5.88. The van der Waals surface area contributed by atoms with E-state index >= 15 is 0 Å². The lowest BCUT2D eigenvalue weighted by Crippen LogP contribution is -2.31. The second-order valence-electron chi connectivity index (χ2n) is 3.01. The van der Waals surface area contributed by atoms with Gasteiger partial charge in [-0.3, -0.25) is 4.79 Å². The third-order valence-corrected chi connectivity index (χ3v) is 1.91. The van der Waals surface area contributed by atoms with Crippen molar-refractivity contribution in [3.05, 3.63) is 24.8 Å². The van der Waals surface area contributed by atoms with E-state index in [1.165, 1.54) is 0 Å². The first-order valence-electron chi connectivity index (χ1n) is 4.33. The van der Waals surface area contributed by atoms with E-state index in [0.29, 0.717) is 12.6 Å². The zero-order chi connectivity index (χ0) is 8.97. The van der Waals surface area contributed by atoms with Gasteiger partial charge >= 0.3 is 0 Å². The van der Waals surface area contributed by atoms with E-state index in [0.717, 1.165) is 12.8 Å². The number of allylic oxidation sites excluding steroid dienone is 1. The third-order valence-electron chi connectivity index (χ3n) is 1.91. The number of carbonyl (C=O) groups is 1. The first-order valence-corrected chi connectivity index (χ1v) is 4.33. The maximum absolute atomic E-state index is 11.4. The number of carbonyl (C=O) groups excluding carboxylic acids is 1. The number of nitrogens with zero attached hydrogens (tertiary/aromatic N) is 1. The molecule has 0 unspecified atom stereocenters. The van der Waals surface area contributed by atoms with Crippen molar-refractivity contribution in [2.24, 2.45) is 0 Å². The summed E-state index contributed by atoms with van der Waals surface area (Å²) >= 11 is 0. The molecule has 1 fully saturated rings. The highest BCUT2D eigenvalue weighted by Crippen LogP contribution is 2.26. The van der Waals surface area contributed by atoms with E-state index in [2.05, 4.69) is 6.58 Å². The van der Waals surface area contributed by atoms with Gasteiger partial charge in [0.15, 0.2) is 0 Å². The molecular weight excluding hydrogens is 150 g/mol. The van der Waals surface area contributed by atoms with Crippen LogP contribution in [0.15, 0.2) is 24.8 Å². The van der Waals surface area contributed by atoms with Gasteiger partial charge in [-0.15, -0.1) is 6.58 Å². The van der Waals surface area contributed by atoms with Crippen LogP contribution < -0.4 is 0 Å². The van der Waals surface area contributed by atoms with Gasteiger partial charge in [0.1, 0.15) is 0 Å². The SMILES string of the molecule is C=CCN(C(=O)/C=C/C)C1CC1. The minimum Gasteiger partial charge on any atom is -0.332 e. The number of amides is 1. The first-order chi connectivity index (χ1) is 5.79. The van der Waals surface area contributed by atoms with Crippen LogP contribution in [0.4, 0.5) is 0 Å². The van der Waals surface area contributed by atoms with Crippen LogP contribution in [0.2, 0.25) is 0 Å². The normalized spacial score (nSPS) is 16.4. The van der Waals surface area contributed by atoms with Crippen molar-refractivity contribution in [2.75, 3.05) is 6.54 Å². The van der Waals surface area contributed by atoms with Gasteiger partial charge in [-0.2, -0.15) is 0 Å². The average Bonchev–Trinajstić information content (AvgIpc) is 2.83. The van der Waals surface area contributed by atoms with Gasteiger partial charge in [0.05, 0.1) is 0 Å². The Labute approximate surface area is 73.6 Å². The van der Waals surface area contributed by atoms with Crippen molar-refractivity contribution in [1.29, 1.82) is 0 Å². The number of rotatable bonds is 4. The first kappa shape index (κ1) is 9.04. The second kappa shape index (κ2) is 4.10. The number of hydrogen-bond donors (Lipinski definition) is 0. The van der Waals surface area contributed by atoms with Gasteiger partial charge in [-0.05, 0) is 25.8 Å². The van der Waals surface area contributed by atoms with Gasteiger partial charge in [0, 0.05) is 12.6 Å². The molecule has 1 saturated carbocycles. The maximum atomic E-state index is 11.4. The van der Waals surface area contributed by atoms with Crippen LogP contribution >= 0.6 is 0 Å². The molecule has 1 aliphatic rings. The van der Waals surface area contributed by atoms with Crippen molar-refractivity contribution in [3.63, 3.8) is 0 Å². The Morgan fingerprint density at radius 1 is 1.67 bits per heavy atom. The summed E-state index contributed by atoms with van der Waals surface area (Å²) < 4.78 is 0. The molecule has 0 spiro atoms. The summed E-state index contributed by atoms with van der Waals surface area (Å²) in [5, 5.41) is 0. The molecule has 0 aromatic carbocycles. The lowest BCUT2D eigenvalue weighted by molar-refractivity contribution is -0.126. The fourth-order valence-electron chi connectivity index (χ4n) is 1.18. The van der Waals surface area contributed by atoms with Crippen molar-refractivity contribution in [1.82, 2.24) is 4.90 Å². The molecule has 0 N–H and O–H groups in total. The van der Waals surface area contributed by atoms with Crippen LogP contribution in [0.1, 0.15) is 19.8 Å². The molecule has 66 valence electrons. The molecule has 0 aliphatic heterocycles. The molecule has 1 amide bonds. The summed E-state index contributed by atoms with van der Waals surface area (Å²) in [4.78, 5) is 13.3. The monoisotopic (exact) mass is 165 g/mol. The fraction of sp³-hybridized carbons (Fsp3) is 0.500. The van der Waals surface area contributed by atoms with Gasteiger partial charge < -0.3 is 4.90 Å². The highest BCUT2D eigenvalue weighted by Gasteiger charge is 2.30. The second-order valence-corrected chi connectivity index (χ2v) is 3.01. The molecule has 0 saturated heterocycles. The third kappa shape index (κ3) is 2.22. The molecule has 12 heavy (non-hydrogen) atoms. The van der Waals surface area contributed by atoms with Crippen LogP contribution in [-0.2, 0) is 4.79 Å². The van der Waals surface area contributed by atoms with Crippen LogP contribution in [-0.4, -0.2) is 23.4 Å². The Morgan fingerprint density at radius 3 is 2.75 bits per heavy atom. The Hall–Kier alpha value is -1.05. The maximum Gasteiger partial charge on any atom is 0.246 e. The molecule has 2 heteroatoms. The van der Waals surface area contributed by atoms with Gasteiger partial charge in [-0.1, -0.05) is 12.2 Å². The Balaban J connectivity index is 2.51. The minimum atomic E-state index is 0.111. The molecule has 0 aromatic rings. The van der Waals surface area contributed by atoms with Gasteiger partial charge in [0.25, 0.3) is 0 Å². The van der Waals surface area contributed by atoms with E-state index in [4.69, 9.17) is 0 Å². The molecule has 0 radical (unpaired) electrons. The zero-order valence-electron chi connectivity index (χ0n) is 7.49. The predicted octanol–water partition coefficient (Wildman–Crippen LogP) is 1.74. The molecule has 0 atom stereocenters. The van der Waals surface area contributed by atoms with Crippen LogP contribution in [0.3, 0.4) is 0 Å². The largest absolute Gasteiger partial charge is 0.332 e. The van der Waals surface area contributed by atoms with E-state index < -0.39 is 0 Å². The summed E-state index contributed by atoms with van der Waals surface area (Å²) in [5.41, 5.74) is 0. The Morgan fingerprint density at radius 2 is 2.33 bits per heavy atom. The van der Waals surface area contributed by atoms with Crippen molar-refractivity contribution >= 4 is 5.91 Å². The molecule has 2 nitrogen and oxygen atoms in total. The Kier molecular flexibility index (Phi) is 3.09. The fourth-order valence-corrected chi connectivity index (χ4v) is 1.18. The van der Waals surface area contributed by atoms with Crippen molar-refractivity contribution in [2.45, 2.75) is 25.8 Å². The van der Waals surface area contributed by atoms with Gasteiger partial charge in [-0.25, -0.2) is 0 Å². The Bertz CT molecular complexity index is 204. The smallest absolute Gasteiger partial charge is 0.246 e. The molecule has 1 rings (SSSR count). The molecule has 0 aromatic heterocycles. The summed E-state index contributed by atoms with van der Waals surface area (Å²) in [7, 11) is 0. The van der Waals surface area contributed by atoms with Crippen molar-refractivity contribution in [3.8, 4) is 0 Å².